The lowest BCUT2D eigenvalue weighted by molar-refractivity contribution is 0.0701. The molecule has 1 aliphatic rings. The van der Waals surface area contributed by atoms with Crippen LogP contribution in [0.4, 0.5) is 5.69 Å². The highest BCUT2D eigenvalue weighted by Crippen LogP contribution is 2.25. The number of rotatable bonds is 2. The number of hydrogen-bond acceptors (Lipinski definition) is 4. The van der Waals surface area contributed by atoms with Crippen LogP contribution < -0.4 is 4.90 Å². The van der Waals surface area contributed by atoms with Gasteiger partial charge in [-0.05, 0) is 58.0 Å². The molecule has 5 heteroatoms. The molecule has 1 aromatic heterocycles. The van der Waals surface area contributed by atoms with Crippen LogP contribution in [-0.2, 0) is 0 Å². The van der Waals surface area contributed by atoms with Gasteiger partial charge in [-0.25, -0.2) is 9.97 Å². The molecule has 28 heavy (non-hydrogen) atoms. The molecular formula is C23H26N4O. The van der Waals surface area contributed by atoms with Crippen molar-refractivity contribution in [2.75, 3.05) is 18.0 Å². The van der Waals surface area contributed by atoms with Crippen molar-refractivity contribution >= 4 is 22.6 Å². The number of anilines is 1. The Bertz CT molecular complexity index is 1010. The Labute approximate surface area is 166 Å². The van der Waals surface area contributed by atoms with Gasteiger partial charge in [0.15, 0.2) is 0 Å². The molecule has 2 heterocycles. The first-order valence-corrected chi connectivity index (χ1v) is 9.81. The second-order valence-corrected chi connectivity index (χ2v) is 7.75. The van der Waals surface area contributed by atoms with Crippen LogP contribution in [0.3, 0.4) is 0 Å². The Hall–Kier alpha value is -2.95. The highest BCUT2D eigenvalue weighted by atomic mass is 16.2. The van der Waals surface area contributed by atoms with Crippen molar-refractivity contribution < 1.29 is 4.79 Å². The number of piperazine rings is 1. The molecule has 0 aliphatic carbocycles. The van der Waals surface area contributed by atoms with Crippen molar-refractivity contribution in [2.45, 2.75) is 39.8 Å². The predicted molar refractivity (Wildman–Crippen MR) is 113 cm³/mol. The lowest BCUT2D eigenvalue weighted by Crippen LogP contribution is -2.58. The number of carbonyl (C=O) groups excluding carboxylic acids is 1. The van der Waals surface area contributed by atoms with Gasteiger partial charge in [0, 0.05) is 36.4 Å². The standard InChI is InChI=1S/C23H26N4O/c1-15-13-26(14-16(2)27(15)20-8-6-5-7-9-20)23(28)19-10-11-21-22(12-19)25-18(4)17(3)24-21/h5-12,15-16H,13-14H2,1-4H3. The van der Waals surface area contributed by atoms with E-state index >= 15 is 0 Å². The predicted octanol–water partition coefficient (Wildman–Crippen LogP) is 3.99. The summed E-state index contributed by atoms with van der Waals surface area (Å²) in [6.45, 7) is 9.67. The third-order valence-corrected chi connectivity index (χ3v) is 5.58. The van der Waals surface area contributed by atoms with E-state index in [0.29, 0.717) is 18.7 Å². The molecule has 3 aromatic rings. The van der Waals surface area contributed by atoms with Crippen molar-refractivity contribution in [3.05, 3.63) is 65.5 Å². The van der Waals surface area contributed by atoms with Crippen LogP contribution in [0.2, 0.25) is 0 Å². The fourth-order valence-electron chi connectivity index (χ4n) is 4.14. The zero-order chi connectivity index (χ0) is 19.8. The van der Waals surface area contributed by atoms with E-state index in [0.717, 1.165) is 22.4 Å². The van der Waals surface area contributed by atoms with Crippen LogP contribution in [0.25, 0.3) is 11.0 Å². The van der Waals surface area contributed by atoms with Crippen molar-refractivity contribution in [2.24, 2.45) is 0 Å². The van der Waals surface area contributed by atoms with Gasteiger partial charge in [0.25, 0.3) is 5.91 Å². The fourth-order valence-corrected chi connectivity index (χ4v) is 4.14. The van der Waals surface area contributed by atoms with Crippen LogP contribution in [0.15, 0.2) is 48.5 Å². The summed E-state index contributed by atoms with van der Waals surface area (Å²) >= 11 is 0. The van der Waals surface area contributed by atoms with Crippen LogP contribution in [0.1, 0.15) is 35.6 Å². The summed E-state index contributed by atoms with van der Waals surface area (Å²) in [5, 5.41) is 0. The first-order valence-electron chi connectivity index (χ1n) is 9.81. The molecule has 0 bridgehead atoms. The average Bonchev–Trinajstić information content (AvgIpc) is 2.68. The number of fused-ring (bicyclic) bond motifs is 1. The molecule has 0 saturated carbocycles. The summed E-state index contributed by atoms with van der Waals surface area (Å²) in [5.41, 5.74) is 5.31. The largest absolute Gasteiger partial charge is 0.363 e. The molecule has 0 N–H and O–H groups in total. The maximum Gasteiger partial charge on any atom is 0.254 e. The highest BCUT2D eigenvalue weighted by molar-refractivity contribution is 5.97. The van der Waals surface area contributed by atoms with Crippen molar-refractivity contribution in [1.82, 2.24) is 14.9 Å². The molecule has 144 valence electrons. The minimum Gasteiger partial charge on any atom is -0.363 e. The molecular weight excluding hydrogens is 348 g/mol. The van der Waals surface area contributed by atoms with E-state index in [1.807, 2.05) is 43.0 Å². The molecule has 1 saturated heterocycles. The number of aryl methyl sites for hydroxylation is 2. The lowest BCUT2D eigenvalue weighted by atomic mass is 10.0. The lowest BCUT2D eigenvalue weighted by Gasteiger charge is -2.46. The number of amides is 1. The molecule has 0 spiro atoms. The zero-order valence-electron chi connectivity index (χ0n) is 16.9. The summed E-state index contributed by atoms with van der Waals surface area (Å²) in [6, 6.07) is 16.6. The van der Waals surface area contributed by atoms with Crippen LogP contribution >= 0.6 is 0 Å². The summed E-state index contributed by atoms with van der Waals surface area (Å²) < 4.78 is 0. The topological polar surface area (TPSA) is 49.3 Å². The smallest absolute Gasteiger partial charge is 0.254 e. The molecule has 5 nitrogen and oxygen atoms in total. The molecule has 0 radical (unpaired) electrons. The van der Waals surface area contributed by atoms with Gasteiger partial charge in [0.1, 0.15) is 0 Å². The number of nitrogens with zero attached hydrogens (tertiary/aromatic N) is 4. The van der Waals surface area contributed by atoms with Gasteiger partial charge in [-0.2, -0.15) is 0 Å². The fraction of sp³-hybridized carbons (Fsp3) is 0.348. The van der Waals surface area contributed by atoms with Crippen LogP contribution in [-0.4, -0.2) is 45.9 Å². The average molecular weight is 374 g/mol. The quantitative estimate of drug-likeness (QED) is 0.681. The van der Waals surface area contributed by atoms with E-state index in [1.54, 1.807) is 0 Å². The van der Waals surface area contributed by atoms with E-state index in [1.165, 1.54) is 5.69 Å². The Morgan fingerprint density at radius 3 is 2.14 bits per heavy atom. The molecule has 2 unspecified atom stereocenters. The summed E-state index contributed by atoms with van der Waals surface area (Å²) in [4.78, 5) is 26.7. The van der Waals surface area contributed by atoms with Gasteiger partial charge in [-0.3, -0.25) is 4.79 Å². The first-order chi connectivity index (χ1) is 13.4. The molecule has 2 aromatic carbocycles. The van der Waals surface area contributed by atoms with E-state index in [-0.39, 0.29) is 18.0 Å². The van der Waals surface area contributed by atoms with Gasteiger partial charge in [-0.1, -0.05) is 18.2 Å². The Morgan fingerprint density at radius 2 is 1.50 bits per heavy atom. The summed E-state index contributed by atoms with van der Waals surface area (Å²) in [6.07, 6.45) is 0. The minimum absolute atomic E-state index is 0.0633. The van der Waals surface area contributed by atoms with Crippen molar-refractivity contribution in [3.63, 3.8) is 0 Å². The Balaban J connectivity index is 1.57. The maximum atomic E-state index is 13.2. The number of benzene rings is 2. The van der Waals surface area contributed by atoms with Gasteiger partial charge < -0.3 is 9.80 Å². The van der Waals surface area contributed by atoms with Crippen molar-refractivity contribution in [3.8, 4) is 0 Å². The molecule has 2 atom stereocenters. The molecule has 1 aliphatic heterocycles. The number of aromatic nitrogens is 2. The number of carbonyl (C=O) groups is 1. The zero-order valence-corrected chi connectivity index (χ0v) is 16.9. The SMILES string of the molecule is Cc1nc2ccc(C(=O)N3CC(C)N(c4ccccc4)C(C)C3)cc2nc1C. The van der Waals surface area contributed by atoms with Gasteiger partial charge >= 0.3 is 0 Å². The second-order valence-electron chi connectivity index (χ2n) is 7.75. The van der Waals surface area contributed by atoms with Crippen molar-refractivity contribution in [1.29, 1.82) is 0 Å². The second kappa shape index (κ2) is 7.23. The summed E-state index contributed by atoms with van der Waals surface area (Å²) in [5.74, 6) is 0.0633. The normalized spacial score (nSPS) is 19.9. The Morgan fingerprint density at radius 1 is 0.893 bits per heavy atom. The molecule has 1 fully saturated rings. The highest BCUT2D eigenvalue weighted by Gasteiger charge is 2.32. The first kappa shape index (κ1) is 18.4. The monoisotopic (exact) mass is 374 g/mol. The van der Waals surface area contributed by atoms with Gasteiger partial charge in [0.05, 0.1) is 22.4 Å². The maximum absolute atomic E-state index is 13.2. The number of para-hydroxylation sites is 1. The van der Waals surface area contributed by atoms with E-state index in [2.05, 4.69) is 53.0 Å². The van der Waals surface area contributed by atoms with E-state index in [9.17, 15) is 4.79 Å². The third kappa shape index (κ3) is 3.33. The van der Waals surface area contributed by atoms with Crippen LogP contribution in [0, 0.1) is 13.8 Å². The molecule has 1 amide bonds. The molecule has 4 rings (SSSR count). The number of hydrogen-bond donors (Lipinski definition) is 0. The van der Waals surface area contributed by atoms with Gasteiger partial charge in [0.2, 0.25) is 0 Å². The van der Waals surface area contributed by atoms with E-state index < -0.39 is 0 Å². The van der Waals surface area contributed by atoms with Gasteiger partial charge in [-0.15, -0.1) is 0 Å². The minimum atomic E-state index is 0.0633. The summed E-state index contributed by atoms with van der Waals surface area (Å²) in [7, 11) is 0. The third-order valence-electron chi connectivity index (χ3n) is 5.58. The van der Waals surface area contributed by atoms with Crippen LogP contribution in [0.5, 0.6) is 0 Å². The van der Waals surface area contributed by atoms with E-state index in [4.69, 9.17) is 0 Å². The Kier molecular flexibility index (Phi) is 4.75.